The van der Waals surface area contributed by atoms with Gasteiger partial charge >= 0.3 is 0 Å². The van der Waals surface area contributed by atoms with E-state index in [0.29, 0.717) is 0 Å². The number of anilines is 1. The van der Waals surface area contributed by atoms with E-state index in [9.17, 15) is 5.11 Å². The third-order valence-corrected chi connectivity index (χ3v) is 2.73. The van der Waals surface area contributed by atoms with Crippen molar-refractivity contribution in [2.24, 2.45) is 0 Å². The van der Waals surface area contributed by atoms with Crippen molar-refractivity contribution >= 4 is 21.6 Å². The minimum atomic E-state index is 0.277. The molecule has 0 atom stereocenters. The highest BCUT2D eigenvalue weighted by Gasteiger charge is 1.96. The molecule has 0 aliphatic carbocycles. The van der Waals surface area contributed by atoms with E-state index in [1.807, 2.05) is 24.3 Å². The summed E-state index contributed by atoms with van der Waals surface area (Å²) in [6.45, 7) is 0.739. The summed E-state index contributed by atoms with van der Waals surface area (Å²) in [4.78, 5) is 0. The summed E-state index contributed by atoms with van der Waals surface area (Å²) in [7, 11) is 0. The second kappa shape index (κ2) is 5.03. The quantitative estimate of drug-likeness (QED) is 0.895. The summed E-state index contributed by atoms with van der Waals surface area (Å²) < 4.78 is 1.07. The topological polar surface area (TPSA) is 32.3 Å². The van der Waals surface area contributed by atoms with Crippen LogP contribution in [0.4, 0.5) is 5.69 Å². The van der Waals surface area contributed by atoms with E-state index in [0.717, 1.165) is 16.7 Å². The molecule has 0 heterocycles. The van der Waals surface area contributed by atoms with Crippen LogP contribution in [-0.4, -0.2) is 5.11 Å². The van der Waals surface area contributed by atoms with E-state index in [4.69, 9.17) is 0 Å². The summed E-state index contributed by atoms with van der Waals surface area (Å²) in [5.74, 6) is 0.277. The van der Waals surface area contributed by atoms with Crippen LogP contribution < -0.4 is 5.32 Å². The number of halogens is 1. The molecule has 2 rings (SSSR count). The van der Waals surface area contributed by atoms with E-state index in [-0.39, 0.29) is 5.75 Å². The fraction of sp³-hybridized carbons (Fsp3) is 0.0769. The minimum Gasteiger partial charge on any atom is -0.508 e. The lowest BCUT2D eigenvalue weighted by Crippen LogP contribution is -1.98. The Bertz CT molecular complexity index is 439. The van der Waals surface area contributed by atoms with Gasteiger partial charge in [0.1, 0.15) is 5.75 Å². The Labute approximate surface area is 103 Å². The molecule has 0 fully saturated rings. The summed E-state index contributed by atoms with van der Waals surface area (Å²) in [6.07, 6.45) is 0. The van der Waals surface area contributed by atoms with E-state index in [2.05, 4.69) is 33.4 Å². The molecule has 0 saturated carbocycles. The number of nitrogens with one attached hydrogen (secondary N) is 1. The molecule has 0 aromatic heterocycles. The molecule has 0 amide bonds. The maximum atomic E-state index is 9.31. The van der Waals surface area contributed by atoms with Crippen LogP contribution in [-0.2, 0) is 6.54 Å². The van der Waals surface area contributed by atoms with Crippen molar-refractivity contribution in [1.82, 2.24) is 0 Å². The summed E-state index contributed by atoms with van der Waals surface area (Å²) in [6, 6.07) is 15.2. The lowest BCUT2D eigenvalue weighted by Gasteiger charge is -2.07. The number of aromatic hydroxyl groups is 1. The molecule has 82 valence electrons. The maximum Gasteiger partial charge on any atom is 0.117 e. The van der Waals surface area contributed by atoms with Crippen LogP contribution in [0.1, 0.15) is 5.56 Å². The first-order chi connectivity index (χ1) is 7.74. The van der Waals surface area contributed by atoms with E-state index in [1.165, 1.54) is 5.56 Å². The lowest BCUT2D eigenvalue weighted by atomic mass is 10.2. The first-order valence-corrected chi connectivity index (χ1v) is 5.81. The molecule has 0 radical (unpaired) electrons. The smallest absolute Gasteiger partial charge is 0.117 e. The van der Waals surface area contributed by atoms with Gasteiger partial charge in [0.05, 0.1) is 0 Å². The summed E-state index contributed by atoms with van der Waals surface area (Å²) in [5.41, 5.74) is 2.11. The standard InChI is InChI=1S/C13H12BrNO/c14-11-4-1-3-10(7-11)9-15-12-5-2-6-13(16)8-12/h1-8,15-16H,9H2. The van der Waals surface area contributed by atoms with Crippen LogP contribution in [0.25, 0.3) is 0 Å². The number of rotatable bonds is 3. The highest BCUT2D eigenvalue weighted by molar-refractivity contribution is 9.10. The molecule has 16 heavy (non-hydrogen) atoms. The molecule has 0 aliphatic rings. The van der Waals surface area contributed by atoms with Gasteiger partial charge in [0.25, 0.3) is 0 Å². The van der Waals surface area contributed by atoms with Crippen molar-refractivity contribution in [3.8, 4) is 5.75 Å². The number of benzene rings is 2. The van der Waals surface area contributed by atoms with Crippen LogP contribution in [0.5, 0.6) is 5.75 Å². The van der Waals surface area contributed by atoms with Gasteiger partial charge in [0.15, 0.2) is 0 Å². The minimum absolute atomic E-state index is 0.277. The van der Waals surface area contributed by atoms with Crippen molar-refractivity contribution < 1.29 is 5.11 Å². The van der Waals surface area contributed by atoms with Gasteiger partial charge < -0.3 is 10.4 Å². The van der Waals surface area contributed by atoms with E-state index in [1.54, 1.807) is 12.1 Å². The molecule has 3 heteroatoms. The van der Waals surface area contributed by atoms with Crippen molar-refractivity contribution in [3.05, 3.63) is 58.6 Å². The molecule has 0 unspecified atom stereocenters. The van der Waals surface area contributed by atoms with Crippen molar-refractivity contribution in [2.75, 3.05) is 5.32 Å². The van der Waals surface area contributed by atoms with Gasteiger partial charge in [0, 0.05) is 22.8 Å². The van der Waals surface area contributed by atoms with Gasteiger partial charge in [-0.15, -0.1) is 0 Å². The highest BCUT2D eigenvalue weighted by Crippen LogP contribution is 2.17. The Balaban J connectivity index is 2.02. The number of phenols is 1. The molecule has 2 aromatic carbocycles. The van der Waals surface area contributed by atoms with Crippen molar-refractivity contribution in [3.63, 3.8) is 0 Å². The molecule has 2 nitrogen and oxygen atoms in total. The highest BCUT2D eigenvalue weighted by atomic mass is 79.9. The molecular weight excluding hydrogens is 266 g/mol. The Kier molecular flexibility index (Phi) is 3.47. The van der Waals surface area contributed by atoms with Crippen LogP contribution in [0, 0.1) is 0 Å². The second-order valence-corrected chi connectivity index (χ2v) is 4.45. The van der Waals surface area contributed by atoms with Crippen LogP contribution in [0.2, 0.25) is 0 Å². The fourth-order valence-corrected chi connectivity index (χ4v) is 1.91. The molecule has 0 saturated heterocycles. The monoisotopic (exact) mass is 277 g/mol. The second-order valence-electron chi connectivity index (χ2n) is 3.53. The molecular formula is C13H12BrNO. The van der Waals surface area contributed by atoms with E-state index >= 15 is 0 Å². The van der Waals surface area contributed by atoms with Gasteiger partial charge in [-0.25, -0.2) is 0 Å². The normalized spacial score (nSPS) is 10.1. The van der Waals surface area contributed by atoms with Gasteiger partial charge in [0.2, 0.25) is 0 Å². The van der Waals surface area contributed by atoms with Crippen molar-refractivity contribution in [1.29, 1.82) is 0 Å². The predicted octanol–water partition coefficient (Wildman–Crippen LogP) is 3.77. The van der Waals surface area contributed by atoms with Gasteiger partial charge in [-0.2, -0.15) is 0 Å². The first kappa shape index (κ1) is 11.0. The van der Waals surface area contributed by atoms with Crippen molar-refractivity contribution in [2.45, 2.75) is 6.54 Å². The summed E-state index contributed by atoms with van der Waals surface area (Å²) >= 11 is 3.43. The van der Waals surface area contributed by atoms with Crippen LogP contribution >= 0.6 is 15.9 Å². The largest absolute Gasteiger partial charge is 0.508 e. The Hall–Kier alpha value is -1.48. The zero-order valence-corrected chi connectivity index (χ0v) is 10.2. The number of phenolic OH excluding ortho intramolecular Hbond substituents is 1. The first-order valence-electron chi connectivity index (χ1n) is 5.01. The summed E-state index contributed by atoms with van der Waals surface area (Å²) in [5, 5.41) is 12.6. The predicted molar refractivity (Wildman–Crippen MR) is 69.6 cm³/mol. The number of hydrogen-bond acceptors (Lipinski definition) is 2. The van der Waals surface area contributed by atoms with Gasteiger partial charge in [-0.1, -0.05) is 34.1 Å². The molecule has 2 N–H and O–H groups in total. The molecule has 0 bridgehead atoms. The molecule has 0 spiro atoms. The lowest BCUT2D eigenvalue weighted by molar-refractivity contribution is 0.475. The van der Waals surface area contributed by atoms with E-state index < -0.39 is 0 Å². The maximum absolute atomic E-state index is 9.31. The Morgan fingerprint density at radius 3 is 2.62 bits per heavy atom. The number of hydrogen-bond donors (Lipinski definition) is 2. The average molecular weight is 278 g/mol. The SMILES string of the molecule is Oc1cccc(NCc2cccc(Br)c2)c1. The zero-order chi connectivity index (χ0) is 11.4. The van der Waals surface area contributed by atoms with Crippen LogP contribution in [0.3, 0.4) is 0 Å². The third kappa shape index (κ3) is 3.00. The third-order valence-electron chi connectivity index (χ3n) is 2.23. The average Bonchev–Trinajstić information content (AvgIpc) is 2.27. The fourth-order valence-electron chi connectivity index (χ4n) is 1.47. The zero-order valence-electron chi connectivity index (χ0n) is 8.65. The molecule has 2 aromatic rings. The van der Waals surface area contributed by atoms with Crippen LogP contribution in [0.15, 0.2) is 53.0 Å². The Morgan fingerprint density at radius 2 is 1.88 bits per heavy atom. The molecule has 0 aliphatic heterocycles. The van der Waals surface area contributed by atoms with Gasteiger partial charge in [-0.3, -0.25) is 0 Å². The Morgan fingerprint density at radius 1 is 1.06 bits per heavy atom. The van der Waals surface area contributed by atoms with Gasteiger partial charge in [-0.05, 0) is 29.8 Å².